The number of ether oxygens (including phenoxy) is 1. The molecule has 3 atom stereocenters. The standard InChI is InChI=1S/C29H40N4O4S/c1-4-38(35,36)33-10-8-22(9-11-33)27-15-31-28-25(27)13-24(14-26(28)29(30)34)23-7-5-6-21(12-23)18-32-16-19(2)37-20(3)17-32/h5-7,12-14,19-20,22,27,31H,4,8-11,15-18H2,1-3H3,(H2,30,34). The van der Waals surface area contributed by atoms with Crippen LogP contribution >= 0.6 is 0 Å². The number of morpholine rings is 1. The Morgan fingerprint density at radius 3 is 2.45 bits per heavy atom. The molecule has 8 nitrogen and oxygen atoms in total. The maximum atomic E-state index is 12.5. The van der Waals surface area contributed by atoms with Crippen LogP contribution in [0.3, 0.4) is 0 Å². The lowest BCUT2D eigenvalue weighted by molar-refractivity contribution is -0.0704. The van der Waals surface area contributed by atoms with Crippen LogP contribution in [-0.4, -0.2) is 74.2 Å². The Morgan fingerprint density at radius 1 is 1.08 bits per heavy atom. The summed E-state index contributed by atoms with van der Waals surface area (Å²) < 4.78 is 32.2. The first kappa shape index (κ1) is 27.1. The molecule has 0 radical (unpaired) electrons. The summed E-state index contributed by atoms with van der Waals surface area (Å²) >= 11 is 0. The molecule has 38 heavy (non-hydrogen) atoms. The van der Waals surface area contributed by atoms with Crippen LogP contribution in [0, 0.1) is 5.92 Å². The van der Waals surface area contributed by atoms with E-state index in [1.165, 1.54) is 5.56 Å². The van der Waals surface area contributed by atoms with Gasteiger partial charge in [0.2, 0.25) is 10.0 Å². The first-order chi connectivity index (χ1) is 18.1. The van der Waals surface area contributed by atoms with Crippen molar-refractivity contribution < 1.29 is 17.9 Å². The van der Waals surface area contributed by atoms with Crippen LogP contribution in [0.5, 0.6) is 0 Å². The van der Waals surface area contributed by atoms with Gasteiger partial charge in [-0.15, -0.1) is 0 Å². The maximum Gasteiger partial charge on any atom is 0.250 e. The summed E-state index contributed by atoms with van der Waals surface area (Å²) in [6, 6.07) is 12.6. The number of hydrogen-bond acceptors (Lipinski definition) is 6. The van der Waals surface area contributed by atoms with Crippen LogP contribution in [0.1, 0.15) is 61.0 Å². The first-order valence-corrected chi connectivity index (χ1v) is 15.4. The zero-order chi connectivity index (χ0) is 27.0. The molecule has 1 amide bonds. The number of carbonyl (C=O) groups excluding carboxylic acids is 1. The van der Waals surface area contributed by atoms with Crippen LogP contribution in [-0.2, 0) is 21.3 Å². The van der Waals surface area contributed by atoms with Gasteiger partial charge in [0.15, 0.2) is 0 Å². The summed E-state index contributed by atoms with van der Waals surface area (Å²) in [5, 5.41) is 3.45. The van der Waals surface area contributed by atoms with Crippen LogP contribution in [0.4, 0.5) is 5.69 Å². The zero-order valence-corrected chi connectivity index (χ0v) is 23.5. The summed E-state index contributed by atoms with van der Waals surface area (Å²) in [6.45, 7) is 10.4. The van der Waals surface area contributed by atoms with E-state index in [9.17, 15) is 13.2 Å². The number of nitrogens with one attached hydrogen (secondary N) is 1. The van der Waals surface area contributed by atoms with Crippen LogP contribution in [0.25, 0.3) is 11.1 Å². The van der Waals surface area contributed by atoms with Crippen molar-refractivity contribution in [2.24, 2.45) is 11.7 Å². The molecule has 0 spiro atoms. The van der Waals surface area contributed by atoms with Gasteiger partial charge in [-0.3, -0.25) is 9.69 Å². The van der Waals surface area contributed by atoms with E-state index in [1.54, 1.807) is 11.2 Å². The van der Waals surface area contributed by atoms with Crippen molar-refractivity contribution in [1.82, 2.24) is 9.21 Å². The van der Waals surface area contributed by atoms with Crippen molar-refractivity contribution in [3.05, 3.63) is 53.1 Å². The van der Waals surface area contributed by atoms with Crippen LogP contribution in [0.15, 0.2) is 36.4 Å². The van der Waals surface area contributed by atoms with Gasteiger partial charge in [-0.1, -0.05) is 18.2 Å². The predicted octanol–water partition coefficient (Wildman–Crippen LogP) is 3.63. The van der Waals surface area contributed by atoms with Gasteiger partial charge in [-0.2, -0.15) is 0 Å². The molecule has 2 saturated heterocycles. The molecule has 206 valence electrons. The first-order valence-electron chi connectivity index (χ1n) is 13.8. The van der Waals surface area contributed by atoms with Crippen molar-refractivity contribution in [3.63, 3.8) is 0 Å². The normalized spacial score (nSPS) is 25.2. The number of hydrogen-bond donors (Lipinski definition) is 2. The van der Waals surface area contributed by atoms with Gasteiger partial charge < -0.3 is 15.8 Å². The Bertz CT molecular complexity index is 1280. The second-order valence-corrected chi connectivity index (χ2v) is 13.4. The summed E-state index contributed by atoms with van der Waals surface area (Å²) in [5.74, 6) is 0.265. The second kappa shape index (κ2) is 11.0. The number of amides is 1. The van der Waals surface area contributed by atoms with Crippen molar-refractivity contribution in [3.8, 4) is 11.1 Å². The molecule has 3 heterocycles. The highest BCUT2D eigenvalue weighted by Gasteiger charge is 2.36. The number of nitrogens with zero attached hydrogens (tertiary/aromatic N) is 2. The average Bonchev–Trinajstić information content (AvgIpc) is 3.31. The third-order valence-electron chi connectivity index (χ3n) is 8.32. The molecule has 3 aliphatic rings. The van der Waals surface area contributed by atoms with E-state index in [4.69, 9.17) is 10.5 Å². The van der Waals surface area contributed by atoms with Gasteiger partial charge in [-0.05, 0) is 80.0 Å². The van der Waals surface area contributed by atoms with E-state index >= 15 is 0 Å². The van der Waals surface area contributed by atoms with E-state index < -0.39 is 15.9 Å². The second-order valence-electron chi connectivity index (χ2n) is 11.1. The third-order valence-corrected chi connectivity index (χ3v) is 10.2. The lowest BCUT2D eigenvalue weighted by Gasteiger charge is -2.35. The average molecular weight is 541 g/mol. The van der Waals surface area contributed by atoms with E-state index in [0.29, 0.717) is 24.6 Å². The number of primary amides is 1. The molecule has 0 aromatic heterocycles. The third kappa shape index (κ3) is 5.61. The smallest absolute Gasteiger partial charge is 0.250 e. The highest BCUT2D eigenvalue weighted by molar-refractivity contribution is 7.89. The minimum atomic E-state index is -3.16. The molecule has 2 aromatic rings. The number of nitrogens with two attached hydrogens (primary N) is 1. The van der Waals surface area contributed by atoms with Gasteiger partial charge >= 0.3 is 0 Å². The monoisotopic (exact) mass is 540 g/mol. The SMILES string of the molecule is CCS(=O)(=O)N1CCC(C2CNc3c(C(N)=O)cc(-c4cccc(CN5CC(C)OC(C)C5)c4)cc32)CC1. The zero-order valence-electron chi connectivity index (χ0n) is 22.7. The van der Waals surface area contributed by atoms with Crippen molar-refractivity contribution >= 4 is 21.6 Å². The topological polar surface area (TPSA) is 105 Å². The van der Waals surface area contributed by atoms with E-state index in [-0.39, 0.29) is 23.9 Å². The quantitative estimate of drug-likeness (QED) is 0.556. The highest BCUT2D eigenvalue weighted by Crippen LogP contribution is 2.44. The fourth-order valence-corrected chi connectivity index (χ4v) is 7.65. The minimum absolute atomic E-state index is 0.138. The molecular formula is C29H40N4O4S. The number of fused-ring (bicyclic) bond motifs is 1. The largest absolute Gasteiger partial charge is 0.384 e. The number of piperidine rings is 1. The lowest BCUT2D eigenvalue weighted by atomic mass is 9.80. The Balaban J connectivity index is 1.40. The Morgan fingerprint density at radius 2 is 1.79 bits per heavy atom. The summed E-state index contributed by atoms with van der Waals surface area (Å²) in [6.07, 6.45) is 2.06. The molecule has 0 saturated carbocycles. The van der Waals surface area contributed by atoms with E-state index in [2.05, 4.69) is 54.4 Å². The maximum absolute atomic E-state index is 12.5. The summed E-state index contributed by atoms with van der Waals surface area (Å²) in [7, 11) is -3.16. The van der Waals surface area contributed by atoms with E-state index in [1.807, 2.05) is 6.07 Å². The highest BCUT2D eigenvalue weighted by atomic mass is 32.2. The van der Waals surface area contributed by atoms with Crippen molar-refractivity contribution in [1.29, 1.82) is 0 Å². The minimum Gasteiger partial charge on any atom is -0.384 e. The van der Waals surface area contributed by atoms with E-state index in [0.717, 1.165) is 61.4 Å². The predicted molar refractivity (Wildman–Crippen MR) is 151 cm³/mol. The molecule has 3 N–H and O–H groups in total. The van der Waals surface area contributed by atoms with Gasteiger partial charge in [0.05, 0.1) is 29.2 Å². The number of sulfonamides is 1. The molecule has 3 aliphatic heterocycles. The summed E-state index contributed by atoms with van der Waals surface area (Å²) in [4.78, 5) is 14.9. The molecular weight excluding hydrogens is 500 g/mol. The fourth-order valence-electron chi connectivity index (χ4n) is 6.52. The number of benzene rings is 2. The lowest BCUT2D eigenvalue weighted by Crippen LogP contribution is -2.44. The van der Waals surface area contributed by atoms with Crippen molar-refractivity contribution in [2.75, 3.05) is 43.8 Å². The molecule has 0 aliphatic carbocycles. The van der Waals surface area contributed by atoms with Gasteiger partial charge in [-0.25, -0.2) is 12.7 Å². The molecule has 2 fully saturated rings. The Hall–Kier alpha value is -2.46. The van der Waals surface area contributed by atoms with Gasteiger partial charge in [0.1, 0.15) is 0 Å². The van der Waals surface area contributed by atoms with Gasteiger partial charge in [0, 0.05) is 45.2 Å². The van der Waals surface area contributed by atoms with Crippen LogP contribution in [0.2, 0.25) is 0 Å². The van der Waals surface area contributed by atoms with Crippen molar-refractivity contribution in [2.45, 2.75) is 58.3 Å². The molecule has 3 unspecified atom stereocenters. The van der Waals surface area contributed by atoms with Crippen LogP contribution < -0.4 is 11.1 Å². The molecule has 5 rings (SSSR count). The van der Waals surface area contributed by atoms with Gasteiger partial charge in [0.25, 0.3) is 5.91 Å². The molecule has 0 bridgehead atoms. The summed E-state index contributed by atoms with van der Waals surface area (Å²) in [5.41, 5.74) is 11.6. The Kier molecular flexibility index (Phi) is 7.82. The number of carbonyl (C=O) groups is 1. The molecule has 9 heteroatoms. The molecule has 2 aromatic carbocycles. The Labute approximate surface area is 226 Å². The number of rotatable bonds is 7. The fraction of sp³-hybridized carbons (Fsp3) is 0.552. The number of anilines is 1.